The lowest BCUT2D eigenvalue weighted by Gasteiger charge is -2.40. The molecule has 6 rings (SSSR count). The Labute approximate surface area is 249 Å². The van der Waals surface area contributed by atoms with Crippen LogP contribution in [0.1, 0.15) is 37.5 Å². The van der Waals surface area contributed by atoms with Gasteiger partial charge in [-0.25, -0.2) is 9.38 Å². The van der Waals surface area contributed by atoms with Crippen molar-refractivity contribution in [3.63, 3.8) is 0 Å². The number of benzene rings is 3. The fourth-order valence-electron chi connectivity index (χ4n) is 5.57. The van der Waals surface area contributed by atoms with Crippen LogP contribution in [0.2, 0.25) is 0 Å². The Morgan fingerprint density at radius 2 is 1.88 bits per heavy atom. The number of nitrogens with zero attached hydrogens (tertiary/aromatic N) is 3. The van der Waals surface area contributed by atoms with Crippen molar-refractivity contribution in [2.45, 2.75) is 32.7 Å². The van der Waals surface area contributed by atoms with E-state index in [1.807, 2.05) is 68.7 Å². The van der Waals surface area contributed by atoms with E-state index in [1.54, 1.807) is 24.2 Å². The number of rotatable bonds is 6. The molecule has 4 aromatic rings. The molecule has 6 nitrogen and oxygen atoms in total. The number of carbonyl (C=O) groups excluding carboxylic acids is 1. The van der Waals surface area contributed by atoms with E-state index >= 15 is 4.39 Å². The third-order valence-electron chi connectivity index (χ3n) is 8.09. The molecule has 1 saturated heterocycles. The number of thioether (sulfide) groups is 1. The smallest absolute Gasteiger partial charge is 0.266 e. The first-order chi connectivity index (χ1) is 20.1. The van der Waals surface area contributed by atoms with Crippen LogP contribution in [-0.2, 0) is 11.2 Å². The van der Waals surface area contributed by atoms with Gasteiger partial charge < -0.3 is 14.6 Å². The Kier molecular flexibility index (Phi) is 7.19. The van der Waals surface area contributed by atoms with E-state index in [9.17, 15) is 4.79 Å². The number of allylic oxidation sites excluding steroid dienone is 1. The zero-order chi connectivity index (χ0) is 29.6. The van der Waals surface area contributed by atoms with Crippen molar-refractivity contribution in [2.75, 3.05) is 25.6 Å². The van der Waals surface area contributed by atoms with Crippen LogP contribution in [0, 0.1) is 5.82 Å². The highest BCUT2D eigenvalue weighted by Crippen LogP contribution is 2.41. The van der Waals surface area contributed by atoms with E-state index in [4.69, 9.17) is 9.73 Å². The number of methoxy groups -OCH3 is 1. The average Bonchev–Trinajstić information content (AvgIpc) is 3.51. The van der Waals surface area contributed by atoms with E-state index in [0.717, 1.165) is 39.0 Å². The van der Waals surface area contributed by atoms with Crippen LogP contribution >= 0.6 is 11.8 Å². The van der Waals surface area contributed by atoms with E-state index in [-0.39, 0.29) is 17.3 Å². The second kappa shape index (κ2) is 10.8. The normalized spacial score (nSPS) is 18.2. The maximum atomic E-state index is 15.5. The van der Waals surface area contributed by atoms with Gasteiger partial charge in [-0.3, -0.25) is 9.69 Å². The summed E-state index contributed by atoms with van der Waals surface area (Å²) >= 11 is 1.27. The maximum Gasteiger partial charge on any atom is 0.266 e. The molecule has 0 bridgehead atoms. The van der Waals surface area contributed by atoms with Crippen molar-refractivity contribution in [1.29, 1.82) is 0 Å². The lowest BCUT2D eigenvalue weighted by Crippen LogP contribution is -2.42. The standard InChI is InChI=1S/C34H33FN4O2S/c1-21-19-34(2,3)38(4)30-18-28(35)23(16-27(21)30)17-31-32(40)39(15-14-22-20-36-29-9-7-6-8-26(22)29)33(42-31)37-24-10-12-25(41-5)13-11-24/h6-13,16-20,36H,14-15H2,1-5H3/b31-17+,37-33?. The van der Waals surface area contributed by atoms with Gasteiger partial charge in [0.15, 0.2) is 5.17 Å². The molecule has 2 aliphatic heterocycles. The van der Waals surface area contributed by atoms with Crippen molar-refractivity contribution in [1.82, 2.24) is 9.88 Å². The van der Waals surface area contributed by atoms with Crippen molar-refractivity contribution in [3.05, 3.63) is 100 Å². The molecule has 0 aliphatic carbocycles. The molecule has 0 unspecified atom stereocenters. The lowest BCUT2D eigenvalue weighted by molar-refractivity contribution is -0.122. The molecule has 42 heavy (non-hydrogen) atoms. The van der Waals surface area contributed by atoms with Crippen LogP contribution in [0.3, 0.4) is 0 Å². The first-order valence-corrected chi connectivity index (χ1v) is 14.7. The Morgan fingerprint density at radius 3 is 2.64 bits per heavy atom. The van der Waals surface area contributed by atoms with Gasteiger partial charge in [0, 0.05) is 47.5 Å². The number of fused-ring (bicyclic) bond motifs is 2. The summed E-state index contributed by atoms with van der Waals surface area (Å²) in [5.74, 6) is 0.180. The molecule has 0 atom stereocenters. The molecular weight excluding hydrogens is 547 g/mol. The average molecular weight is 581 g/mol. The second-order valence-corrected chi connectivity index (χ2v) is 12.2. The van der Waals surface area contributed by atoms with E-state index < -0.39 is 0 Å². The van der Waals surface area contributed by atoms with Crippen molar-refractivity contribution in [3.8, 4) is 5.75 Å². The molecule has 1 N–H and O–H groups in total. The van der Waals surface area contributed by atoms with Crippen molar-refractivity contribution in [2.24, 2.45) is 4.99 Å². The topological polar surface area (TPSA) is 60.9 Å². The highest BCUT2D eigenvalue weighted by molar-refractivity contribution is 8.18. The third-order valence-corrected chi connectivity index (χ3v) is 9.09. The molecule has 2 aliphatic rings. The van der Waals surface area contributed by atoms with E-state index in [0.29, 0.717) is 34.3 Å². The predicted octanol–water partition coefficient (Wildman–Crippen LogP) is 7.79. The molecule has 1 fully saturated rings. The summed E-state index contributed by atoms with van der Waals surface area (Å²) in [7, 11) is 3.59. The molecular formula is C34H33FN4O2S. The Bertz CT molecular complexity index is 1790. The number of nitrogens with one attached hydrogen (secondary N) is 1. The van der Waals surface area contributed by atoms with Gasteiger partial charge in [-0.05, 0) is 98.6 Å². The zero-order valence-corrected chi connectivity index (χ0v) is 25.2. The number of likely N-dealkylation sites (N-methyl/N-ethyl adjacent to an activating group) is 1. The molecule has 214 valence electrons. The molecule has 1 aromatic heterocycles. The number of ether oxygens (including phenoxy) is 1. The minimum Gasteiger partial charge on any atom is -0.497 e. The summed E-state index contributed by atoms with van der Waals surface area (Å²) in [4.78, 5) is 26.2. The van der Waals surface area contributed by atoms with Crippen LogP contribution in [0.15, 0.2) is 82.8 Å². The first-order valence-electron chi connectivity index (χ1n) is 13.9. The van der Waals surface area contributed by atoms with Crippen LogP contribution in [0.5, 0.6) is 5.75 Å². The Balaban J connectivity index is 1.35. The summed E-state index contributed by atoms with van der Waals surface area (Å²) in [6.07, 6.45) is 6.48. The van der Waals surface area contributed by atoms with Gasteiger partial charge >= 0.3 is 0 Å². The maximum absolute atomic E-state index is 15.5. The quantitative estimate of drug-likeness (QED) is 0.237. The van der Waals surface area contributed by atoms with Crippen LogP contribution in [0.25, 0.3) is 22.6 Å². The van der Waals surface area contributed by atoms with Gasteiger partial charge in [-0.15, -0.1) is 0 Å². The summed E-state index contributed by atoms with van der Waals surface area (Å²) in [6.45, 7) is 6.70. The number of hydrogen-bond acceptors (Lipinski definition) is 5. The molecule has 8 heteroatoms. The van der Waals surface area contributed by atoms with Gasteiger partial charge in [0.1, 0.15) is 11.6 Å². The summed E-state index contributed by atoms with van der Waals surface area (Å²) in [5, 5.41) is 1.70. The highest BCUT2D eigenvalue weighted by Gasteiger charge is 2.34. The fraction of sp³-hybridized carbons (Fsp3) is 0.235. The second-order valence-electron chi connectivity index (χ2n) is 11.2. The van der Waals surface area contributed by atoms with E-state index in [1.165, 1.54) is 11.8 Å². The number of amidine groups is 1. The minimum absolute atomic E-state index is 0.185. The molecule has 3 heterocycles. The monoisotopic (exact) mass is 580 g/mol. The van der Waals surface area contributed by atoms with Gasteiger partial charge in [0.2, 0.25) is 0 Å². The SMILES string of the molecule is COc1ccc(N=C2S/C(=C/c3cc4c(cc3F)N(C)C(C)(C)C=C4C)C(=O)N2CCc2c[nH]c3ccccc23)cc1. The number of aromatic amines is 1. The number of carbonyl (C=O) groups is 1. The van der Waals surface area contributed by atoms with Crippen molar-refractivity contribution < 1.29 is 13.9 Å². The van der Waals surface area contributed by atoms with Gasteiger partial charge in [-0.2, -0.15) is 0 Å². The lowest BCUT2D eigenvalue weighted by atomic mass is 9.88. The molecule has 0 radical (unpaired) electrons. The number of amides is 1. The first kappa shape index (κ1) is 27.8. The third kappa shape index (κ3) is 5.11. The van der Waals surface area contributed by atoms with Crippen molar-refractivity contribution >= 4 is 56.8 Å². The van der Waals surface area contributed by atoms with Crippen LogP contribution in [0.4, 0.5) is 15.8 Å². The number of para-hydroxylation sites is 1. The Hall–Kier alpha value is -4.30. The summed E-state index contributed by atoms with van der Waals surface area (Å²) in [6, 6.07) is 18.9. The number of aliphatic imine (C=N–C) groups is 1. The number of aromatic nitrogens is 1. The number of anilines is 1. The molecule has 0 saturated carbocycles. The largest absolute Gasteiger partial charge is 0.497 e. The van der Waals surface area contributed by atoms with E-state index in [2.05, 4.69) is 35.9 Å². The summed E-state index contributed by atoms with van der Waals surface area (Å²) in [5.41, 5.74) is 5.93. The number of hydrogen-bond donors (Lipinski definition) is 1. The molecule has 0 spiro atoms. The Morgan fingerprint density at radius 1 is 1.12 bits per heavy atom. The fourth-order valence-corrected chi connectivity index (χ4v) is 6.58. The van der Waals surface area contributed by atoms with Gasteiger partial charge in [0.25, 0.3) is 5.91 Å². The highest BCUT2D eigenvalue weighted by atomic mass is 32.2. The summed E-state index contributed by atoms with van der Waals surface area (Å²) < 4.78 is 20.8. The molecule has 1 amide bonds. The minimum atomic E-state index is -0.363. The van der Waals surface area contributed by atoms with Gasteiger partial charge in [-0.1, -0.05) is 24.3 Å². The van der Waals surface area contributed by atoms with Crippen LogP contribution < -0.4 is 9.64 Å². The van der Waals surface area contributed by atoms with Gasteiger partial charge in [0.05, 0.1) is 23.2 Å². The van der Waals surface area contributed by atoms with Crippen LogP contribution in [-0.4, -0.2) is 47.2 Å². The number of halogens is 1. The molecule has 3 aromatic carbocycles. The number of H-pyrrole nitrogens is 1. The predicted molar refractivity (Wildman–Crippen MR) is 172 cm³/mol. The zero-order valence-electron chi connectivity index (χ0n) is 24.4.